The molecule has 0 amide bonds. The van der Waals surface area contributed by atoms with Gasteiger partial charge in [-0.25, -0.2) is 4.79 Å². The Balaban J connectivity index is -0.000000244. The van der Waals surface area contributed by atoms with Gasteiger partial charge in [0.1, 0.15) is 0 Å². The average molecular weight is 296 g/mol. The van der Waals surface area contributed by atoms with Crippen molar-refractivity contribution in [2.45, 2.75) is 52.4 Å². The van der Waals surface area contributed by atoms with Gasteiger partial charge in [0.05, 0.1) is 0 Å². The van der Waals surface area contributed by atoms with Crippen molar-refractivity contribution in [2.24, 2.45) is 0 Å². The van der Waals surface area contributed by atoms with Crippen LogP contribution in [-0.2, 0) is 29.1 Å². The maximum absolute atomic E-state index is 10.0. The summed E-state index contributed by atoms with van der Waals surface area (Å²) in [5.74, 6) is -1.61. The monoisotopic (exact) mass is 294 g/mol. The number of unbranched alkanes of at least 4 members (excludes halogenated alkanes) is 4. The maximum atomic E-state index is 10.0. The second-order valence-corrected chi connectivity index (χ2v) is 3.64. The number of carboxylic acid groups (broad SMARTS) is 2. The van der Waals surface area contributed by atoms with E-state index in [4.69, 9.17) is 10.2 Å². The Kier molecular flexibility index (Phi) is 19.4. The van der Waals surface area contributed by atoms with E-state index in [0.717, 1.165) is 12.8 Å². The summed E-state index contributed by atoms with van der Waals surface area (Å²) in [6, 6.07) is 0. The summed E-state index contributed by atoms with van der Waals surface area (Å²) in [7, 11) is 0. The van der Waals surface area contributed by atoms with Crippen molar-refractivity contribution < 1.29 is 39.3 Å². The maximum Gasteiger partial charge on any atom is 0.330 e. The molecule has 0 aliphatic rings. The molecule has 0 aliphatic heterocycles. The van der Waals surface area contributed by atoms with Gasteiger partial charge in [-0.1, -0.05) is 39.2 Å². The van der Waals surface area contributed by atoms with Crippen LogP contribution in [0.2, 0.25) is 0 Å². The molecule has 0 aliphatic carbocycles. The second-order valence-electron chi connectivity index (χ2n) is 3.64. The van der Waals surface area contributed by atoms with Crippen molar-refractivity contribution in [3.8, 4) is 0 Å². The predicted molar refractivity (Wildman–Crippen MR) is 63.5 cm³/mol. The molecule has 5 heteroatoms. The van der Waals surface area contributed by atoms with E-state index in [0.29, 0.717) is 6.42 Å². The van der Waals surface area contributed by atoms with Crippen LogP contribution in [0.15, 0.2) is 12.2 Å². The molecule has 96 valence electrons. The third kappa shape index (κ3) is 25.5. The quantitative estimate of drug-likeness (QED) is 0.430. The van der Waals surface area contributed by atoms with Gasteiger partial charge >= 0.3 is 11.9 Å². The fourth-order valence-electron chi connectivity index (χ4n) is 0.880. The molecule has 0 unspecified atom stereocenters. The molecule has 0 bridgehead atoms. The van der Waals surface area contributed by atoms with Gasteiger partial charge in [0.2, 0.25) is 0 Å². The van der Waals surface area contributed by atoms with Crippen molar-refractivity contribution in [1.82, 2.24) is 0 Å². The SMILES string of the molecule is C=C(C)C(=O)O.CCCCCCCC(=O)O.[Zn]. The summed E-state index contributed by atoms with van der Waals surface area (Å²) in [6.45, 7) is 6.75. The van der Waals surface area contributed by atoms with Crippen molar-refractivity contribution in [1.29, 1.82) is 0 Å². The summed E-state index contributed by atoms with van der Waals surface area (Å²) >= 11 is 0. The molecule has 0 radical (unpaired) electrons. The van der Waals surface area contributed by atoms with E-state index in [-0.39, 0.29) is 25.1 Å². The number of rotatable bonds is 7. The first-order valence-electron chi connectivity index (χ1n) is 5.52. The van der Waals surface area contributed by atoms with Crippen LogP contribution in [0, 0.1) is 0 Å². The fourth-order valence-corrected chi connectivity index (χ4v) is 0.880. The van der Waals surface area contributed by atoms with Crippen LogP contribution in [0.4, 0.5) is 0 Å². The first-order valence-corrected chi connectivity index (χ1v) is 5.52. The van der Waals surface area contributed by atoms with Gasteiger partial charge in [-0.2, -0.15) is 0 Å². The van der Waals surface area contributed by atoms with Gasteiger partial charge in [-0.05, 0) is 13.3 Å². The van der Waals surface area contributed by atoms with Crippen LogP contribution in [-0.4, -0.2) is 22.2 Å². The molecular formula is C12H22O4Zn. The molecule has 4 nitrogen and oxygen atoms in total. The predicted octanol–water partition coefficient (Wildman–Crippen LogP) is 3.08. The number of carboxylic acids is 2. The Labute approximate surface area is 116 Å². The standard InChI is InChI=1S/C8H16O2.C4H6O2.Zn/c1-2-3-4-5-6-7-8(9)10;1-3(2)4(5)6;/h2-7H2,1H3,(H,9,10);1H2,2H3,(H,5,6);. The van der Waals surface area contributed by atoms with Crippen molar-refractivity contribution in [3.63, 3.8) is 0 Å². The third-order valence-corrected chi connectivity index (χ3v) is 1.86. The summed E-state index contributed by atoms with van der Waals surface area (Å²) < 4.78 is 0. The molecule has 0 fully saturated rings. The molecule has 0 spiro atoms. The van der Waals surface area contributed by atoms with Crippen LogP contribution in [0.5, 0.6) is 0 Å². The minimum Gasteiger partial charge on any atom is -0.481 e. The van der Waals surface area contributed by atoms with E-state index in [1.54, 1.807) is 0 Å². The zero-order valence-electron chi connectivity index (χ0n) is 10.9. The Morgan fingerprint density at radius 1 is 1.06 bits per heavy atom. The van der Waals surface area contributed by atoms with Crippen LogP contribution >= 0.6 is 0 Å². The Morgan fingerprint density at radius 3 is 1.76 bits per heavy atom. The molecule has 2 N–H and O–H groups in total. The summed E-state index contributed by atoms with van der Waals surface area (Å²) in [4.78, 5) is 19.6. The molecule has 0 rings (SSSR count). The third-order valence-electron chi connectivity index (χ3n) is 1.86. The largest absolute Gasteiger partial charge is 0.481 e. The number of carbonyl (C=O) groups is 2. The topological polar surface area (TPSA) is 74.6 Å². The fraction of sp³-hybridized carbons (Fsp3) is 0.667. The molecule has 0 saturated carbocycles. The van der Waals surface area contributed by atoms with Crippen molar-refractivity contribution >= 4 is 11.9 Å². The molecule has 0 aromatic carbocycles. The summed E-state index contributed by atoms with van der Waals surface area (Å²) in [6.07, 6.45) is 5.88. The molecule has 0 aromatic heterocycles. The van der Waals surface area contributed by atoms with Crippen molar-refractivity contribution in [2.75, 3.05) is 0 Å². The van der Waals surface area contributed by atoms with Crippen LogP contribution in [0.25, 0.3) is 0 Å². The van der Waals surface area contributed by atoms with Gasteiger partial charge in [-0.15, -0.1) is 0 Å². The Morgan fingerprint density at radius 2 is 1.47 bits per heavy atom. The minimum atomic E-state index is -0.935. The first kappa shape index (κ1) is 21.6. The molecule has 17 heavy (non-hydrogen) atoms. The van der Waals surface area contributed by atoms with Crippen LogP contribution < -0.4 is 0 Å². The Bertz CT molecular complexity index is 215. The number of hydrogen-bond donors (Lipinski definition) is 2. The van der Waals surface area contributed by atoms with Gasteiger partial charge in [0.25, 0.3) is 0 Å². The van der Waals surface area contributed by atoms with E-state index >= 15 is 0 Å². The number of hydrogen-bond acceptors (Lipinski definition) is 2. The van der Waals surface area contributed by atoms with E-state index in [2.05, 4.69) is 13.5 Å². The minimum absolute atomic E-state index is 0. The van der Waals surface area contributed by atoms with Crippen LogP contribution in [0.3, 0.4) is 0 Å². The normalized spacial score (nSPS) is 8.35. The zero-order chi connectivity index (χ0) is 13.0. The smallest absolute Gasteiger partial charge is 0.330 e. The zero-order valence-corrected chi connectivity index (χ0v) is 13.8. The van der Waals surface area contributed by atoms with Gasteiger partial charge < -0.3 is 10.2 Å². The van der Waals surface area contributed by atoms with Crippen molar-refractivity contribution in [3.05, 3.63) is 12.2 Å². The van der Waals surface area contributed by atoms with Crippen LogP contribution in [0.1, 0.15) is 52.4 Å². The molecule has 0 heterocycles. The summed E-state index contributed by atoms with van der Waals surface area (Å²) in [5.41, 5.74) is 0.176. The summed E-state index contributed by atoms with van der Waals surface area (Å²) in [5, 5.41) is 16.2. The molecular weight excluding hydrogens is 274 g/mol. The van der Waals surface area contributed by atoms with E-state index in [9.17, 15) is 9.59 Å². The molecule has 0 atom stereocenters. The molecule has 0 aromatic rings. The molecule has 0 saturated heterocycles. The average Bonchev–Trinajstić information content (AvgIpc) is 2.18. The van der Waals surface area contributed by atoms with Gasteiger partial charge in [0.15, 0.2) is 0 Å². The van der Waals surface area contributed by atoms with Gasteiger partial charge in [0, 0.05) is 31.5 Å². The second kappa shape index (κ2) is 15.3. The van der Waals surface area contributed by atoms with E-state index < -0.39 is 11.9 Å². The van der Waals surface area contributed by atoms with Gasteiger partial charge in [-0.3, -0.25) is 4.79 Å². The van der Waals surface area contributed by atoms with E-state index in [1.807, 2.05) is 0 Å². The van der Waals surface area contributed by atoms with E-state index in [1.165, 1.54) is 26.2 Å². The Hall–Kier alpha value is -0.697. The number of aliphatic carboxylic acids is 2. The first-order chi connectivity index (χ1) is 7.41.